The summed E-state index contributed by atoms with van der Waals surface area (Å²) in [6.45, 7) is 2.67. The summed E-state index contributed by atoms with van der Waals surface area (Å²) in [5.41, 5.74) is 0.857. The lowest BCUT2D eigenvalue weighted by Gasteiger charge is -2.31. The highest BCUT2D eigenvalue weighted by molar-refractivity contribution is 7.89. The van der Waals surface area contributed by atoms with Crippen molar-refractivity contribution in [3.8, 4) is 0 Å². The van der Waals surface area contributed by atoms with Crippen molar-refractivity contribution in [3.05, 3.63) is 30.5 Å². The molecule has 5 nitrogen and oxygen atoms in total. The van der Waals surface area contributed by atoms with Gasteiger partial charge in [0.15, 0.2) is 0 Å². The molecule has 0 radical (unpaired) electrons. The normalized spacial score (nSPS) is 19.0. The molecule has 1 aliphatic heterocycles. The zero-order valence-electron chi connectivity index (χ0n) is 10.8. The third kappa shape index (κ3) is 2.16. The Hall–Kier alpha value is -1.37. The third-order valence-electron chi connectivity index (χ3n) is 3.63. The van der Waals surface area contributed by atoms with Gasteiger partial charge in [-0.2, -0.15) is 4.31 Å². The van der Waals surface area contributed by atoms with Crippen LogP contribution in [-0.2, 0) is 10.0 Å². The number of nitrogens with one attached hydrogen (secondary N) is 1. The monoisotopic (exact) mass is 279 g/mol. The van der Waals surface area contributed by atoms with Crippen LogP contribution in [0.15, 0.2) is 35.4 Å². The molecular formula is C13H17N3O2S. The van der Waals surface area contributed by atoms with E-state index in [2.05, 4.69) is 9.88 Å². The van der Waals surface area contributed by atoms with Crippen LogP contribution in [0.2, 0.25) is 0 Å². The van der Waals surface area contributed by atoms with Crippen LogP contribution in [0.5, 0.6) is 0 Å². The number of nitrogens with zero attached hydrogens (tertiary/aromatic N) is 2. The highest BCUT2D eigenvalue weighted by Crippen LogP contribution is 2.25. The minimum atomic E-state index is -3.39. The Labute approximate surface area is 112 Å². The van der Waals surface area contributed by atoms with Gasteiger partial charge in [-0.1, -0.05) is 18.2 Å². The summed E-state index contributed by atoms with van der Waals surface area (Å²) in [5.74, 6) is 0. The number of piperazine rings is 1. The van der Waals surface area contributed by atoms with E-state index in [4.69, 9.17) is 0 Å². The number of hydrogen-bond donors (Lipinski definition) is 1. The van der Waals surface area contributed by atoms with Gasteiger partial charge in [0, 0.05) is 43.3 Å². The number of aromatic nitrogens is 1. The molecule has 1 aromatic heterocycles. The summed E-state index contributed by atoms with van der Waals surface area (Å²) in [4.78, 5) is 5.55. The molecule has 1 fully saturated rings. The van der Waals surface area contributed by atoms with Gasteiger partial charge < -0.3 is 9.88 Å². The Morgan fingerprint density at radius 1 is 1.11 bits per heavy atom. The van der Waals surface area contributed by atoms with Crippen LogP contribution >= 0.6 is 0 Å². The van der Waals surface area contributed by atoms with Crippen LogP contribution in [0.25, 0.3) is 10.9 Å². The first-order valence-electron chi connectivity index (χ1n) is 6.34. The van der Waals surface area contributed by atoms with Crippen molar-refractivity contribution in [3.63, 3.8) is 0 Å². The van der Waals surface area contributed by atoms with E-state index in [9.17, 15) is 8.42 Å². The molecule has 1 saturated heterocycles. The Balaban J connectivity index is 2.00. The van der Waals surface area contributed by atoms with Crippen LogP contribution in [0.4, 0.5) is 0 Å². The largest absolute Gasteiger partial charge is 0.360 e. The minimum Gasteiger partial charge on any atom is -0.360 e. The highest BCUT2D eigenvalue weighted by Gasteiger charge is 2.29. The number of H-pyrrole nitrogens is 1. The zero-order chi connectivity index (χ0) is 13.5. The van der Waals surface area contributed by atoms with Crippen LogP contribution in [0, 0.1) is 0 Å². The van der Waals surface area contributed by atoms with Gasteiger partial charge >= 0.3 is 0 Å². The number of hydrogen-bond acceptors (Lipinski definition) is 3. The molecule has 0 spiro atoms. The second-order valence-corrected chi connectivity index (χ2v) is 6.81. The van der Waals surface area contributed by atoms with Crippen molar-refractivity contribution in [2.45, 2.75) is 4.90 Å². The topological polar surface area (TPSA) is 56.4 Å². The van der Waals surface area contributed by atoms with Crippen molar-refractivity contribution in [2.75, 3.05) is 33.2 Å². The maximum atomic E-state index is 12.7. The van der Waals surface area contributed by atoms with Crippen LogP contribution in [-0.4, -0.2) is 55.8 Å². The van der Waals surface area contributed by atoms with Crippen LogP contribution in [0.3, 0.4) is 0 Å². The molecule has 0 bridgehead atoms. The number of para-hydroxylation sites is 1. The number of benzene rings is 1. The summed E-state index contributed by atoms with van der Waals surface area (Å²) >= 11 is 0. The Bertz CT molecular complexity index is 685. The van der Waals surface area contributed by atoms with Gasteiger partial charge in [-0.15, -0.1) is 0 Å². The lowest BCUT2D eigenvalue weighted by atomic mass is 10.2. The molecule has 0 aliphatic carbocycles. The molecule has 2 aromatic rings. The molecule has 3 rings (SSSR count). The van der Waals surface area contributed by atoms with Gasteiger partial charge in [-0.3, -0.25) is 0 Å². The Morgan fingerprint density at radius 2 is 1.79 bits per heavy atom. The van der Waals surface area contributed by atoms with E-state index < -0.39 is 10.0 Å². The van der Waals surface area contributed by atoms with Crippen LogP contribution < -0.4 is 0 Å². The maximum absolute atomic E-state index is 12.7. The van der Waals surface area contributed by atoms with Gasteiger partial charge in [0.25, 0.3) is 0 Å². The molecule has 6 heteroatoms. The zero-order valence-corrected chi connectivity index (χ0v) is 11.7. The smallest absolute Gasteiger partial charge is 0.245 e. The summed E-state index contributed by atoms with van der Waals surface area (Å²) in [7, 11) is -1.38. The second kappa shape index (κ2) is 4.63. The van der Waals surface area contributed by atoms with Gasteiger partial charge in [-0.05, 0) is 13.1 Å². The van der Waals surface area contributed by atoms with Crippen LogP contribution in [0.1, 0.15) is 0 Å². The van der Waals surface area contributed by atoms with E-state index in [1.54, 1.807) is 10.5 Å². The van der Waals surface area contributed by atoms with E-state index in [1.807, 2.05) is 31.3 Å². The fourth-order valence-corrected chi connectivity index (χ4v) is 4.01. The third-order valence-corrected chi connectivity index (χ3v) is 5.57. The highest BCUT2D eigenvalue weighted by atomic mass is 32.2. The summed E-state index contributed by atoms with van der Waals surface area (Å²) < 4.78 is 26.9. The van der Waals surface area contributed by atoms with Crippen molar-refractivity contribution >= 4 is 20.9 Å². The fourth-order valence-electron chi connectivity index (χ4n) is 2.43. The van der Waals surface area contributed by atoms with Crippen molar-refractivity contribution in [1.29, 1.82) is 0 Å². The molecule has 1 N–H and O–H groups in total. The quantitative estimate of drug-likeness (QED) is 0.896. The molecule has 1 aliphatic rings. The van der Waals surface area contributed by atoms with Gasteiger partial charge in [0.2, 0.25) is 10.0 Å². The molecule has 0 amide bonds. The first kappa shape index (κ1) is 12.7. The lowest BCUT2D eigenvalue weighted by Crippen LogP contribution is -2.46. The molecule has 0 atom stereocenters. The van der Waals surface area contributed by atoms with E-state index in [1.165, 1.54) is 0 Å². The summed E-state index contributed by atoms with van der Waals surface area (Å²) in [6.07, 6.45) is 1.60. The molecule has 0 saturated carbocycles. The van der Waals surface area contributed by atoms with Crippen molar-refractivity contribution in [2.24, 2.45) is 0 Å². The maximum Gasteiger partial charge on any atom is 0.245 e. The predicted octanol–water partition coefficient (Wildman–Crippen LogP) is 1.10. The van der Waals surface area contributed by atoms with Gasteiger partial charge in [0.05, 0.1) is 0 Å². The van der Waals surface area contributed by atoms with Gasteiger partial charge in [0.1, 0.15) is 4.90 Å². The first-order valence-corrected chi connectivity index (χ1v) is 7.78. The van der Waals surface area contributed by atoms with E-state index in [0.717, 1.165) is 24.0 Å². The number of rotatable bonds is 2. The Kier molecular flexibility index (Phi) is 3.08. The molecule has 19 heavy (non-hydrogen) atoms. The number of fused-ring (bicyclic) bond motifs is 1. The average Bonchev–Trinajstić information content (AvgIpc) is 2.83. The van der Waals surface area contributed by atoms with E-state index >= 15 is 0 Å². The Morgan fingerprint density at radius 3 is 2.53 bits per heavy atom. The molecule has 102 valence electrons. The molecule has 1 aromatic carbocycles. The summed E-state index contributed by atoms with van der Waals surface area (Å²) in [6, 6.07) is 7.48. The predicted molar refractivity (Wildman–Crippen MR) is 74.6 cm³/mol. The SMILES string of the molecule is CN1CCN(S(=O)(=O)c2c[nH]c3ccccc23)CC1. The summed E-state index contributed by atoms with van der Waals surface area (Å²) in [5, 5.41) is 0.765. The average molecular weight is 279 g/mol. The lowest BCUT2D eigenvalue weighted by molar-refractivity contribution is 0.222. The number of sulfonamides is 1. The van der Waals surface area contributed by atoms with Crippen molar-refractivity contribution in [1.82, 2.24) is 14.2 Å². The van der Waals surface area contributed by atoms with Gasteiger partial charge in [-0.25, -0.2) is 8.42 Å². The van der Waals surface area contributed by atoms with Crippen molar-refractivity contribution < 1.29 is 8.42 Å². The molecule has 2 heterocycles. The van der Waals surface area contributed by atoms with E-state index in [-0.39, 0.29) is 0 Å². The molecule has 0 unspecified atom stereocenters. The molecular weight excluding hydrogens is 262 g/mol. The standard InChI is InChI=1S/C13H17N3O2S/c1-15-6-8-16(9-7-15)19(17,18)13-10-14-12-5-3-2-4-11(12)13/h2-5,10,14H,6-9H2,1H3. The minimum absolute atomic E-state index is 0.382. The number of likely N-dealkylation sites (N-methyl/N-ethyl adjacent to an activating group) is 1. The van der Waals surface area contributed by atoms with E-state index in [0.29, 0.717) is 18.0 Å². The first-order chi connectivity index (χ1) is 9.09. The fraction of sp³-hybridized carbons (Fsp3) is 0.385. The number of aromatic amines is 1. The second-order valence-electron chi connectivity index (χ2n) is 4.91.